The van der Waals surface area contributed by atoms with E-state index in [1.54, 1.807) is 6.92 Å². The summed E-state index contributed by atoms with van der Waals surface area (Å²) < 4.78 is 0. The molecule has 1 aromatic carbocycles. The Hall–Kier alpha value is -1.06. The molecule has 4 heteroatoms. The monoisotopic (exact) mass is 241 g/mol. The zero-order valence-electron chi connectivity index (χ0n) is 9.40. The van der Waals surface area contributed by atoms with Crippen molar-refractivity contribution in [1.82, 2.24) is 5.32 Å². The Morgan fingerprint density at radius 3 is 2.75 bits per heavy atom. The molecule has 88 valence electrons. The maximum atomic E-state index is 10.6. The standard InChI is InChI=1S/C12H16ClNO2/c1-8(7-14-9(2)12(15)16)10-4-3-5-11(13)6-10/h3-6,8-9,14H,7H2,1-2H3,(H,15,16). The van der Waals surface area contributed by atoms with Crippen molar-refractivity contribution in [3.05, 3.63) is 34.9 Å². The fourth-order valence-corrected chi connectivity index (χ4v) is 1.57. The van der Waals surface area contributed by atoms with Crippen LogP contribution in [0.2, 0.25) is 5.02 Å². The normalized spacial score (nSPS) is 14.4. The summed E-state index contributed by atoms with van der Waals surface area (Å²) in [6.45, 7) is 4.29. The van der Waals surface area contributed by atoms with Crippen LogP contribution in [-0.4, -0.2) is 23.7 Å². The van der Waals surface area contributed by atoms with Gasteiger partial charge in [0.05, 0.1) is 0 Å². The lowest BCUT2D eigenvalue weighted by molar-refractivity contribution is -0.139. The highest BCUT2D eigenvalue weighted by molar-refractivity contribution is 6.30. The molecule has 0 aliphatic rings. The molecular formula is C12H16ClNO2. The van der Waals surface area contributed by atoms with E-state index in [0.717, 1.165) is 5.56 Å². The topological polar surface area (TPSA) is 49.3 Å². The van der Waals surface area contributed by atoms with Gasteiger partial charge in [-0.15, -0.1) is 0 Å². The zero-order chi connectivity index (χ0) is 12.1. The van der Waals surface area contributed by atoms with Gasteiger partial charge in [-0.25, -0.2) is 0 Å². The van der Waals surface area contributed by atoms with Gasteiger partial charge in [-0.2, -0.15) is 0 Å². The number of halogens is 1. The molecule has 0 heterocycles. The zero-order valence-corrected chi connectivity index (χ0v) is 10.2. The van der Waals surface area contributed by atoms with Crippen molar-refractivity contribution >= 4 is 17.6 Å². The molecule has 3 nitrogen and oxygen atoms in total. The molecule has 1 rings (SSSR count). The summed E-state index contributed by atoms with van der Waals surface area (Å²) in [5.74, 6) is -0.598. The van der Waals surface area contributed by atoms with E-state index >= 15 is 0 Å². The maximum Gasteiger partial charge on any atom is 0.320 e. The summed E-state index contributed by atoms with van der Waals surface area (Å²) in [7, 11) is 0. The van der Waals surface area contributed by atoms with Gasteiger partial charge in [-0.1, -0.05) is 30.7 Å². The molecule has 0 saturated heterocycles. The van der Waals surface area contributed by atoms with E-state index in [0.29, 0.717) is 11.6 Å². The molecule has 2 unspecified atom stereocenters. The predicted octanol–water partition coefficient (Wildman–Crippen LogP) is 2.51. The maximum absolute atomic E-state index is 10.6. The Morgan fingerprint density at radius 2 is 2.19 bits per heavy atom. The Labute approximate surface area is 100 Å². The van der Waals surface area contributed by atoms with E-state index in [1.807, 2.05) is 31.2 Å². The van der Waals surface area contributed by atoms with E-state index in [-0.39, 0.29) is 5.92 Å². The minimum atomic E-state index is -0.835. The van der Waals surface area contributed by atoms with Crippen LogP contribution in [0.15, 0.2) is 24.3 Å². The lowest BCUT2D eigenvalue weighted by atomic mass is 10.0. The quantitative estimate of drug-likeness (QED) is 0.833. The van der Waals surface area contributed by atoms with Gasteiger partial charge in [0.1, 0.15) is 6.04 Å². The highest BCUT2D eigenvalue weighted by Crippen LogP contribution is 2.18. The summed E-state index contributed by atoms with van der Waals surface area (Å²) in [4.78, 5) is 10.6. The Kier molecular flexibility index (Phi) is 4.77. The van der Waals surface area contributed by atoms with Crippen molar-refractivity contribution in [2.45, 2.75) is 25.8 Å². The molecule has 2 atom stereocenters. The molecule has 0 saturated carbocycles. The molecule has 16 heavy (non-hydrogen) atoms. The smallest absolute Gasteiger partial charge is 0.320 e. The van der Waals surface area contributed by atoms with Crippen molar-refractivity contribution in [3.8, 4) is 0 Å². The average Bonchev–Trinajstić information content (AvgIpc) is 2.25. The molecule has 0 spiro atoms. The molecule has 0 bridgehead atoms. The van der Waals surface area contributed by atoms with Crippen molar-refractivity contribution in [2.75, 3.05) is 6.54 Å². The number of carbonyl (C=O) groups is 1. The number of rotatable bonds is 5. The van der Waals surface area contributed by atoms with Crippen LogP contribution in [-0.2, 0) is 4.79 Å². The largest absolute Gasteiger partial charge is 0.480 e. The SMILES string of the molecule is CC(NCC(C)c1cccc(Cl)c1)C(=O)O. The summed E-state index contributed by atoms with van der Waals surface area (Å²) in [5, 5.41) is 12.4. The van der Waals surface area contributed by atoms with Crippen LogP contribution in [0.25, 0.3) is 0 Å². The minimum Gasteiger partial charge on any atom is -0.480 e. The summed E-state index contributed by atoms with van der Waals surface area (Å²) in [5.41, 5.74) is 1.11. The first-order chi connectivity index (χ1) is 7.50. The first-order valence-electron chi connectivity index (χ1n) is 5.22. The van der Waals surface area contributed by atoms with Crippen LogP contribution in [0.3, 0.4) is 0 Å². The van der Waals surface area contributed by atoms with Crippen LogP contribution in [0, 0.1) is 0 Å². The Morgan fingerprint density at radius 1 is 1.50 bits per heavy atom. The predicted molar refractivity (Wildman–Crippen MR) is 65.0 cm³/mol. The van der Waals surface area contributed by atoms with Gasteiger partial charge < -0.3 is 10.4 Å². The van der Waals surface area contributed by atoms with Gasteiger partial charge in [-0.3, -0.25) is 4.79 Å². The fraction of sp³-hybridized carbons (Fsp3) is 0.417. The molecular weight excluding hydrogens is 226 g/mol. The van der Waals surface area contributed by atoms with Gasteiger partial charge in [0.15, 0.2) is 0 Å². The third-order valence-electron chi connectivity index (χ3n) is 2.52. The number of carboxylic acid groups (broad SMARTS) is 1. The summed E-state index contributed by atoms with van der Waals surface area (Å²) >= 11 is 5.89. The van der Waals surface area contributed by atoms with Crippen LogP contribution >= 0.6 is 11.6 Å². The number of nitrogens with one attached hydrogen (secondary N) is 1. The third-order valence-corrected chi connectivity index (χ3v) is 2.75. The van der Waals surface area contributed by atoms with Crippen molar-refractivity contribution in [2.24, 2.45) is 0 Å². The van der Waals surface area contributed by atoms with Gasteiger partial charge in [0, 0.05) is 11.6 Å². The lowest BCUT2D eigenvalue weighted by Crippen LogP contribution is -2.35. The van der Waals surface area contributed by atoms with Crippen molar-refractivity contribution in [3.63, 3.8) is 0 Å². The highest BCUT2D eigenvalue weighted by atomic mass is 35.5. The first kappa shape index (κ1) is 13.0. The number of carboxylic acids is 1. The van der Waals surface area contributed by atoms with Crippen molar-refractivity contribution in [1.29, 1.82) is 0 Å². The minimum absolute atomic E-state index is 0.237. The molecule has 1 aromatic rings. The molecule has 0 aliphatic carbocycles. The number of aliphatic carboxylic acids is 1. The van der Waals surface area contributed by atoms with E-state index in [2.05, 4.69) is 5.32 Å². The van der Waals surface area contributed by atoms with E-state index in [1.165, 1.54) is 0 Å². The van der Waals surface area contributed by atoms with E-state index < -0.39 is 12.0 Å². The van der Waals surface area contributed by atoms with E-state index in [4.69, 9.17) is 16.7 Å². The number of benzene rings is 1. The van der Waals surface area contributed by atoms with Gasteiger partial charge >= 0.3 is 5.97 Å². The molecule has 0 radical (unpaired) electrons. The number of hydrogen-bond donors (Lipinski definition) is 2. The fourth-order valence-electron chi connectivity index (χ4n) is 1.37. The summed E-state index contributed by atoms with van der Waals surface area (Å²) in [6, 6.07) is 7.09. The number of hydrogen-bond acceptors (Lipinski definition) is 2. The van der Waals surface area contributed by atoms with Crippen molar-refractivity contribution < 1.29 is 9.90 Å². The Bertz CT molecular complexity index is 368. The molecule has 0 aromatic heterocycles. The van der Waals surface area contributed by atoms with Crippen LogP contribution < -0.4 is 5.32 Å². The second-order valence-electron chi connectivity index (χ2n) is 3.92. The first-order valence-corrected chi connectivity index (χ1v) is 5.60. The molecule has 2 N–H and O–H groups in total. The molecule has 0 aliphatic heterocycles. The summed E-state index contributed by atoms with van der Waals surface area (Å²) in [6.07, 6.45) is 0. The van der Waals surface area contributed by atoms with Gasteiger partial charge in [0.25, 0.3) is 0 Å². The highest BCUT2D eigenvalue weighted by Gasteiger charge is 2.12. The second-order valence-corrected chi connectivity index (χ2v) is 4.36. The van der Waals surface area contributed by atoms with E-state index in [9.17, 15) is 4.79 Å². The van der Waals surface area contributed by atoms with Crippen LogP contribution in [0.5, 0.6) is 0 Å². The average molecular weight is 242 g/mol. The third kappa shape index (κ3) is 3.83. The van der Waals surface area contributed by atoms with Crippen LogP contribution in [0.4, 0.5) is 0 Å². The second kappa shape index (κ2) is 5.87. The molecule has 0 amide bonds. The Balaban J connectivity index is 2.52. The van der Waals surface area contributed by atoms with Gasteiger partial charge in [-0.05, 0) is 30.5 Å². The van der Waals surface area contributed by atoms with Gasteiger partial charge in [0.2, 0.25) is 0 Å². The molecule has 0 fully saturated rings. The lowest BCUT2D eigenvalue weighted by Gasteiger charge is -2.15. The van der Waals surface area contributed by atoms with Crippen LogP contribution in [0.1, 0.15) is 25.3 Å².